The molecule has 1 saturated heterocycles. The maximum absolute atomic E-state index is 13.1. The standard InChI is InChI=1S/C22H25N5O3S/c1-25(2)21(29)19-18(15-7-5-6-8-17(15)31-19)16-13-27(9-10-30-16)20(28)14-11-23-22(24-12-14)26(3)4/h5-8,11-12,16H,9-10,13H2,1-4H3/t16-/m0/s1. The second-order valence-corrected chi connectivity index (χ2v) is 8.87. The number of nitrogens with zero attached hydrogens (tertiary/aromatic N) is 5. The fraction of sp³-hybridized carbons (Fsp3) is 0.364. The van der Waals surface area contributed by atoms with Gasteiger partial charge in [-0.3, -0.25) is 9.59 Å². The fourth-order valence-corrected chi connectivity index (χ4v) is 4.88. The van der Waals surface area contributed by atoms with Gasteiger partial charge in [0, 0.05) is 57.4 Å². The second-order valence-electron chi connectivity index (χ2n) is 7.82. The van der Waals surface area contributed by atoms with Crippen molar-refractivity contribution in [2.45, 2.75) is 6.10 Å². The molecule has 0 bridgehead atoms. The van der Waals surface area contributed by atoms with Crippen molar-refractivity contribution >= 4 is 39.2 Å². The third kappa shape index (κ3) is 4.11. The van der Waals surface area contributed by atoms with E-state index in [4.69, 9.17) is 4.74 Å². The third-order valence-electron chi connectivity index (χ3n) is 5.20. The number of fused-ring (bicyclic) bond motifs is 1. The highest BCUT2D eigenvalue weighted by Gasteiger charge is 2.32. The van der Waals surface area contributed by atoms with E-state index in [9.17, 15) is 9.59 Å². The Balaban J connectivity index is 1.64. The number of hydrogen-bond donors (Lipinski definition) is 0. The zero-order valence-corrected chi connectivity index (χ0v) is 18.8. The lowest BCUT2D eigenvalue weighted by atomic mass is 10.0. The average molecular weight is 440 g/mol. The zero-order valence-electron chi connectivity index (χ0n) is 18.0. The van der Waals surface area contributed by atoms with Crippen molar-refractivity contribution in [3.63, 3.8) is 0 Å². The van der Waals surface area contributed by atoms with Crippen LogP contribution in [0.4, 0.5) is 5.95 Å². The highest BCUT2D eigenvalue weighted by Crippen LogP contribution is 2.38. The van der Waals surface area contributed by atoms with E-state index in [-0.39, 0.29) is 17.9 Å². The maximum atomic E-state index is 13.1. The van der Waals surface area contributed by atoms with Gasteiger partial charge in [-0.2, -0.15) is 0 Å². The van der Waals surface area contributed by atoms with Crippen LogP contribution >= 0.6 is 11.3 Å². The summed E-state index contributed by atoms with van der Waals surface area (Å²) in [6.45, 7) is 1.24. The summed E-state index contributed by atoms with van der Waals surface area (Å²) in [5, 5.41) is 0.996. The number of ether oxygens (including phenoxy) is 1. The Kier molecular flexibility index (Phi) is 5.88. The van der Waals surface area contributed by atoms with Gasteiger partial charge in [-0.05, 0) is 11.5 Å². The van der Waals surface area contributed by atoms with Crippen LogP contribution in [0.2, 0.25) is 0 Å². The minimum Gasteiger partial charge on any atom is -0.370 e. The molecule has 1 aliphatic heterocycles. The summed E-state index contributed by atoms with van der Waals surface area (Å²) >= 11 is 1.46. The van der Waals surface area contributed by atoms with Gasteiger partial charge in [-0.15, -0.1) is 11.3 Å². The summed E-state index contributed by atoms with van der Waals surface area (Å²) in [4.78, 5) is 40.2. The molecule has 9 heteroatoms. The number of carbonyl (C=O) groups excluding carboxylic acids is 2. The quantitative estimate of drug-likeness (QED) is 0.622. The molecule has 0 N–H and O–H groups in total. The van der Waals surface area contributed by atoms with Crippen molar-refractivity contribution in [2.24, 2.45) is 0 Å². The van der Waals surface area contributed by atoms with E-state index < -0.39 is 0 Å². The number of aromatic nitrogens is 2. The van der Waals surface area contributed by atoms with Gasteiger partial charge in [0.2, 0.25) is 5.95 Å². The zero-order chi connectivity index (χ0) is 22.1. The number of carbonyl (C=O) groups is 2. The van der Waals surface area contributed by atoms with Gasteiger partial charge in [0.15, 0.2) is 0 Å². The minimum absolute atomic E-state index is 0.0593. The monoisotopic (exact) mass is 439 g/mol. The molecule has 1 fully saturated rings. The van der Waals surface area contributed by atoms with Gasteiger partial charge in [0.25, 0.3) is 11.8 Å². The Morgan fingerprint density at radius 2 is 1.84 bits per heavy atom. The fourth-order valence-electron chi connectivity index (χ4n) is 3.60. The molecule has 0 unspecified atom stereocenters. The van der Waals surface area contributed by atoms with Crippen LogP contribution in [0.15, 0.2) is 36.7 Å². The Labute approximate surface area is 185 Å². The van der Waals surface area contributed by atoms with Gasteiger partial charge in [0.1, 0.15) is 6.10 Å². The molecule has 3 heterocycles. The minimum atomic E-state index is -0.380. The predicted molar refractivity (Wildman–Crippen MR) is 121 cm³/mol. The van der Waals surface area contributed by atoms with Crippen LogP contribution in [0.1, 0.15) is 31.7 Å². The molecule has 1 aromatic carbocycles. The Bertz CT molecular complexity index is 1110. The number of anilines is 1. The van der Waals surface area contributed by atoms with E-state index in [2.05, 4.69) is 9.97 Å². The highest BCUT2D eigenvalue weighted by molar-refractivity contribution is 7.21. The molecule has 0 radical (unpaired) electrons. The van der Waals surface area contributed by atoms with Crippen LogP contribution in [-0.2, 0) is 4.74 Å². The lowest BCUT2D eigenvalue weighted by molar-refractivity contribution is -0.0223. The SMILES string of the molecule is CN(C)C(=O)c1sc2ccccc2c1[C@@H]1CN(C(=O)c2cnc(N(C)C)nc2)CCO1. The summed E-state index contributed by atoms with van der Waals surface area (Å²) in [5.41, 5.74) is 1.29. The molecule has 8 nitrogen and oxygen atoms in total. The van der Waals surface area contributed by atoms with E-state index in [0.29, 0.717) is 36.1 Å². The molecule has 0 aliphatic carbocycles. The Morgan fingerprint density at radius 1 is 1.13 bits per heavy atom. The molecular weight excluding hydrogens is 414 g/mol. The van der Waals surface area contributed by atoms with Gasteiger partial charge in [0.05, 0.1) is 23.6 Å². The maximum Gasteiger partial charge on any atom is 0.263 e. The van der Waals surface area contributed by atoms with Crippen LogP contribution in [-0.4, -0.2) is 79.5 Å². The molecule has 2 amide bonds. The first kappa shape index (κ1) is 21.2. The van der Waals surface area contributed by atoms with Crippen molar-refractivity contribution < 1.29 is 14.3 Å². The van der Waals surface area contributed by atoms with Crippen LogP contribution < -0.4 is 4.90 Å². The topological polar surface area (TPSA) is 78.9 Å². The van der Waals surface area contributed by atoms with Crippen molar-refractivity contribution in [1.82, 2.24) is 19.8 Å². The van der Waals surface area contributed by atoms with Crippen molar-refractivity contribution in [2.75, 3.05) is 52.8 Å². The predicted octanol–water partition coefficient (Wildman–Crippen LogP) is 2.67. The summed E-state index contributed by atoms with van der Waals surface area (Å²) in [6, 6.07) is 7.93. The summed E-state index contributed by atoms with van der Waals surface area (Å²) in [7, 11) is 7.18. The second kappa shape index (κ2) is 8.60. The van der Waals surface area contributed by atoms with E-state index in [0.717, 1.165) is 15.6 Å². The molecule has 2 aromatic heterocycles. The van der Waals surface area contributed by atoms with Crippen LogP contribution in [0, 0.1) is 0 Å². The van der Waals surface area contributed by atoms with E-state index in [1.807, 2.05) is 38.4 Å². The Morgan fingerprint density at radius 3 is 2.52 bits per heavy atom. The highest BCUT2D eigenvalue weighted by atomic mass is 32.1. The molecule has 0 spiro atoms. The molecule has 0 saturated carbocycles. The molecule has 162 valence electrons. The number of benzene rings is 1. The number of hydrogen-bond acceptors (Lipinski definition) is 7. The van der Waals surface area contributed by atoms with Gasteiger partial charge < -0.3 is 19.4 Å². The number of rotatable bonds is 4. The first-order valence-electron chi connectivity index (χ1n) is 10.00. The van der Waals surface area contributed by atoms with Crippen molar-refractivity contribution in [3.8, 4) is 0 Å². The van der Waals surface area contributed by atoms with Crippen LogP contribution in [0.25, 0.3) is 10.1 Å². The Hall–Kier alpha value is -3.04. The lowest BCUT2D eigenvalue weighted by Gasteiger charge is -2.33. The lowest BCUT2D eigenvalue weighted by Crippen LogP contribution is -2.42. The molecule has 4 rings (SSSR count). The normalized spacial score (nSPS) is 16.4. The van der Waals surface area contributed by atoms with Crippen LogP contribution in [0.5, 0.6) is 0 Å². The molecular formula is C22H25N5O3S. The van der Waals surface area contributed by atoms with Gasteiger partial charge in [-0.1, -0.05) is 18.2 Å². The van der Waals surface area contributed by atoms with E-state index >= 15 is 0 Å². The van der Waals surface area contributed by atoms with Gasteiger partial charge >= 0.3 is 0 Å². The third-order valence-corrected chi connectivity index (χ3v) is 6.37. The van der Waals surface area contributed by atoms with Crippen molar-refractivity contribution in [3.05, 3.63) is 52.7 Å². The van der Waals surface area contributed by atoms with E-state index in [1.54, 1.807) is 41.2 Å². The largest absolute Gasteiger partial charge is 0.370 e. The number of morpholine rings is 1. The molecule has 31 heavy (non-hydrogen) atoms. The van der Waals surface area contributed by atoms with E-state index in [1.165, 1.54) is 11.3 Å². The molecule has 1 atom stereocenters. The summed E-state index contributed by atoms with van der Waals surface area (Å²) in [5.74, 6) is 0.350. The van der Waals surface area contributed by atoms with Crippen molar-refractivity contribution in [1.29, 1.82) is 0 Å². The average Bonchev–Trinajstić information content (AvgIpc) is 3.17. The molecule has 1 aliphatic rings. The van der Waals surface area contributed by atoms with Crippen LogP contribution in [0.3, 0.4) is 0 Å². The number of amides is 2. The summed E-state index contributed by atoms with van der Waals surface area (Å²) < 4.78 is 7.10. The first-order chi connectivity index (χ1) is 14.9. The molecule has 3 aromatic rings. The first-order valence-corrected chi connectivity index (χ1v) is 10.8. The number of thiophene rings is 1. The summed E-state index contributed by atoms with van der Waals surface area (Å²) in [6.07, 6.45) is 2.72. The smallest absolute Gasteiger partial charge is 0.263 e. The van der Waals surface area contributed by atoms with Gasteiger partial charge in [-0.25, -0.2) is 9.97 Å².